The van der Waals surface area contributed by atoms with Crippen molar-refractivity contribution >= 4 is 15.7 Å². The van der Waals surface area contributed by atoms with Crippen molar-refractivity contribution in [2.45, 2.75) is 46.0 Å². The van der Waals surface area contributed by atoms with Crippen molar-refractivity contribution in [2.24, 2.45) is 11.8 Å². The summed E-state index contributed by atoms with van der Waals surface area (Å²) in [4.78, 5) is 11.9. The Kier molecular flexibility index (Phi) is 6.12. The highest BCUT2D eigenvalue weighted by Crippen LogP contribution is 2.19. The lowest BCUT2D eigenvalue weighted by Gasteiger charge is -2.16. The van der Waals surface area contributed by atoms with E-state index in [1.807, 2.05) is 0 Å². The van der Waals surface area contributed by atoms with Crippen molar-refractivity contribution < 1.29 is 13.2 Å². The highest BCUT2D eigenvalue weighted by Gasteiger charge is 2.32. The van der Waals surface area contributed by atoms with Gasteiger partial charge in [-0.15, -0.1) is 0 Å². The summed E-state index contributed by atoms with van der Waals surface area (Å²) in [6.45, 7) is 4.98. The summed E-state index contributed by atoms with van der Waals surface area (Å²) in [6.07, 6.45) is 5.04. The maximum absolute atomic E-state index is 11.9. The third-order valence-electron chi connectivity index (χ3n) is 3.71. The van der Waals surface area contributed by atoms with Crippen LogP contribution >= 0.6 is 0 Å². The lowest BCUT2D eigenvalue weighted by molar-refractivity contribution is -0.124. The van der Waals surface area contributed by atoms with Gasteiger partial charge in [0.2, 0.25) is 5.91 Å². The molecule has 0 aliphatic carbocycles. The summed E-state index contributed by atoms with van der Waals surface area (Å²) in [5, 5.41) is 2.92. The van der Waals surface area contributed by atoms with Crippen LogP contribution < -0.4 is 5.32 Å². The third-order valence-corrected chi connectivity index (χ3v) is 5.48. The van der Waals surface area contributed by atoms with E-state index in [0.29, 0.717) is 18.9 Å². The fourth-order valence-electron chi connectivity index (χ4n) is 2.33. The largest absolute Gasteiger partial charge is 0.356 e. The van der Waals surface area contributed by atoms with Gasteiger partial charge >= 0.3 is 0 Å². The summed E-state index contributed by atoms with van der Waals surface area (Å²) in [6, 6.07) is 0. The van der Waals surface area contributed by atoms with E-state index >= 15 is 0 Å². The van der Waals surface area contributed by atoms with Crippen molar-refractivity contribution in [1.82, 2.24) is 5.32 Å². The highest BCUT2D eigenvalue weighted by atomic mass is 32.2. The Morgan fingerprint density at radius 2 is 2.11 bits per heavy atom. The lowest BCUT2D eigenvalue weighted by atomic mass is 9.99. The molecule has 2 atom stereocenters. The maximum Gasteiger partial charge on any atom is 0.224 e. The Labute approximate surface area is 110 Å². The molecule has 0 spiro atoms. The molecule has 1 heterocycles. The minimum Gasteiger partial charge on any atom is -0.356 e. The van der Waals surface area contributed by atoms with Gasteiger partial charge in [-0.25, -0.2) is 8.42 Å². The molecule has 0 bridgehead atoms. The molecule has 5 heteroatoms. The van der Waals surface area contributed by atoms with Gasteiger partial charge < -0.3 is 5.32 Å². The second-order valence-corrected chi connectivity index (χ2v) is 7.49. The number of sulfone groups is 1. The van der Waals surface area contributed by atoms with Crippen LogP contribution in [0.3, 0.4) is 0 Å². The zero-order valence-electron chi connectivity index (χ0n) is 11.4. The van der Waals surface area contributed by atoms with Gasteiger partial charge in [0.25, 0.3) is 0 Å². The van der Waals surface area contributed by atoms with Gasteiger partial charge in [-0.1, -0.05) is 33.1 Å². The molecule has 1 N–H and O–H groups in total. The van der Waals surface area contributed by atoms with Crippen LogP contribution in [0.2, 0.25) is 0 Å². The zero-order valence-corrected chi connectivity index (χ0v) is 12.3. The van der Waals surface area contributed by atoms with Gasteiger partial charge in [-0.05, 0) is 18.8 Å². The van der Waals surface area contributed by atoms with Crippen molar-refractivity contribution in [1.29, 1.82) is 0 Å². The molecule has 1 amide bonds. The molecule has 0 saturated carbocycles. The van der Waals surface area contributed by atoms with E-state index in [1.54, 1.807) is 0 Å². The van der Waals surface area contributed by atoms with Crippen molar-refractivity contribution in [3.05, 3.63) is 0 Å². The Balaban J connectivity index is 2.32. The minimum absolute atomic E-state index is 0.0323. The van der Waals surface area contributed by atoms with Crippen LogP contribution in [-0.2, 0) is 14.6 Å². The molecule has 2 unspecified atom stereocenters. The molecule has 1 aliphatic rings. The number of carbonyl (C=O) groups is 1. The molecular weight excluding hydrogens is 250 g/mol. The summed E-state index contributed by atoms with van der Waals surface area (Å²) < 4.78 is 22.6. The zero-order chi connectivity index (χ0) is 13.6. The van der Waals surface area contributed by atoms with Crippen LogP contribution in [0.5, 0.6) is 0 Å². The Morgan fingerprint density at radius 3 is 2.61 bits per heavy atom. The van der Waals surface area contributed by atoms with Gasteiger partial charge in [0, 0.05) is 6.54 Å². The van der Waals surface area contributed by atoms with Crippen LogP contribution in [0, 0.1) is 11.8 Å². The molecule has 0 aromatic rings. The first kappa shape index (κ1) is 15.5. The summed E-state index contributed by atoms with van der Waals surface area (Å²) >= 11 is 0. The van der Waals surface area contributed by atoms with Crippen LogP contribution in [0.15, 0.2) is 0 Å². The van der Waals surface area contributed by atoms with Gasteiger partial charge in [-0.2, -0.15) is 0 Å². The Bertz CT molecular complexity index is 364. The van der Waals surface area contributed by atoms with E-state index in [0.717, 1.165) is 12.8 Å². The fraction of sp³-hybridized carbons (Fsp3) is 0.923. The summed E-state index contributed by atoms with van der Waals surface area (Å²) in [5.74, 6) is 0.319. The average molecular weight is 275 g/mol. The molecule has 18 heavy (non-hydrogen) atoms. The predicted molar refractivity (Wildman–Crippen MR) is 73.1 cm³/mol. The molecule has 106 valence electrons. The van der Waals surface area contributed by atoms with E-state index in [1.165, 1.54) is 12.8 Å². The summed E-state index contributed by atoms with van der Waals surface area (Å²) in [5.41, 5.74) is 0. The molecule has 1 fully saturated rings. The quantitative estimate of drug-likeness (QED) is 0.770. The average Bonchev–Trinajstić information content (AvgIpc) is 2.70. The smallest absolute Gasteiger partial charge is 0.224 e. The third kappa shape index (κ3) is 4.96. The van der Waals surface area contributed by atoms with E-state index in [-0.39, 0.29) is 23.3 Å². The van der Waals surface area contributed by atoms with Crippen LogP contribution in [0.4, 0.5) is 0 Å². The van der Waals surface area contributed by atoms with Crippen molar-refractivity contribution in [3.8, 4) is 0 Å². The number of nitrogens with one attached hydrogen (secondary N) is 1. The standard InChI is InChI=1S/C13H25NO3S/c1-3-5-6-11(4-2)9-14-13(15)12-7-8-18(16,17)10-12/h11-12H,3-10H2,1-2H3,(H,14,15). The van der Waals surface area contributed by atoms with Crippen LogP contribution in [0.25, 0.3) is 0 Å². The van der Waals surface area contributed by atoms with Gasteiger partial charge in [0.1, 0.15) is 0 Å². The molecule has 1 saturated heterocycles. The van der Waals surface area contributed by atoms with E-state index in [4.69, 9.17) is 0 Å². The van der Waals surface area contributed by atoms with Crippen molar-refractivity contribution in [3.63, 3.8) is 0 Å². The first-order valence-electron chi connectivity index (χ1n) is 6.96. The van der Waals surface area contributed by atoms with Crippen molar-refractivity contribution in [2.75, 3.05) is 18.1 Å². The molecule has 1 rings (SSSR count). The second-order valence-electron chi connectivity index (χ2n) is 5.26. The van der Waals surface area contributed by atoms with Gasteiger partial charge in [0.15, 0.2) is 9.84 Å². The first-order chi connectivity index (χ1) is 8.48. The SMILES string of the molecule is CCCCC(CC)CNC(=O)C1CCS(=O)(=O)C1. The molecular formula is C13H25NO3S. The van der Waals surface area contributed by atoms with Crippen LogP contribution in [-0.4, -0.2) is 32.4 Å². The Hall–Kier alpha value is -0.580. The summed E-state index contributed by atoms with van der Waals surface area (Å²) in [7, 11) is -2.96. The minimum atomic E-state index is -2.96. The number of unbranched alkanes of at least 4 members (excludes halogenated alkanes) is 1. The first-order valence-corrected chi connectivity index (χ1v) is 8.78. The molecule has 1 aliphatic heterocycles. The highest BCUT2D eigenvalue weighted by molar-refractivity contribution is 7.91. The number of rotatable bonds is 7. The number of amides is 1. The number of hydrogen-bond acceptors (Lipinski definition) is 3. The number of hydrogen-bond donors (Lipinski definition) is 1. The fourth-order valence-corrected chi connectivity index (χ4v) is 4.08. The monoisotopic (exact) mass is 275 g/mol. The van der Waals surface area contributed by atoms with Gasteiger partial charge in [0.05, 0.1) is 17.4 Å². The molecule has 0 radical (unpaired) electrons. The Morgan fingerprint density at radius 1 is 1.39 bits per heavy atom. The van der Waals surface area contributed by atoms with E-state index in [9.17, 15) is 13.2 Å². The molecule has 0 aromatic heterocycles. The molecule has 0 aromatic carbocycles. The molecule has 4 nitrogen and oxygen atoms in total. The second kappa shape index (κ2) is 7.12. The lowest BCUT2D eigenvalue weighted by Crippen LogP contribution is -2.34. The van der Waals surface area contributed by atoms with E-state index < -0.39 is 9.84 Å². The van der Waals surface area contributed by atoms with Crippen LogP contribution in [0.1, 0.15) is 46.0 Å². The van der Waals surface area contributed by atoms with Gasteiger partial charge in [-0.3, -0.25) is 4.79 Å². The maximum atomic E-state index is 11.9. The normalized spacial score (nSPS) is 23.8. The number of carbonyl (C=O) groups excluding carboxylic acids is 1. The predicted octanol–water partition coefficient (Wildman–Crippen LogP) is 1.75. The topological polar surface area (TPSA) is 63.2 Å². The van der Waals surface area contributed by atoms with E-state index in [2.05, 4.69) is 19.2 Å².